The van der Waals surface area contributed by atoms with E-state index in [1.165, 1.54) is 6.07 Å². The van der Waals surface area contributed by atoms with Crippen molar-refractivity contribution in [1.82, 2.24) is 19.5 Å². The molecule has 2 aromatic heterocycles. The molecule has 4 rings (SSSR count). The van der Waals surface area contributed by atoms with E-state index in [2.05, 4.69) is 15.0 Å². The van der Waals surface area contributed by atoms with Crippen LogP contribution in [0.4, 0.5) is 13.2 Å². The van der Waals surface area contributed by atoms with Gasteiger partial charge in [0.25, 0.3) is 5.56 Å². The summed E-state index contributed by atoms with van der Waals surface area (Å²) in [5.74, 6) is -1.66. The number of carbonyl (C=O) groups is 1. The predicted molar refractivity (Wildman–Crippen MR) is 130 cm³/mol. The fourth-order valence-corrected chi connectivity index (χ4v) is 3.60. The quantitative estimate of drug-likeness (QED) is 0.351. The molecule has 0 aliphatic carbocycles. The second kappa shape index (κ2) is 10.8. The molecule has 0 aliphatic heterocycles. The molecular weight excluding hydrogens is 524 g/mol. The number of carboxylic acids is 1. The number of ether oxygens (including phenoxy) is 1. The highest BCUT2D eigenvalue weighted by atomic mass is 35.5. The number of benzene rings is 2. The molecule has 0 spiro atoms. The number of aromatic nitrogens is 4. The Morgan fingerprint density at radius 3 is 2.47 bits per heavy atom. The highest BCUT2D eigenvalue weighted by Gasteiger charge is 2.38. The second-order valence-corrected chi connectivity index (χ2v) is 8.07. The number of nitrogens with one attached hydrogen (secondary N) is 1. The lowest BCUT2D eigenvalue weighted by atomic mass is 10.1. The first-order chi connectivity index (χ1) is 16.9. The summed E-state index contributed by atoms with van der Waals surface area (Å²) in [4.78, 5) is 32.7. The number of fused-ring (bicyclic) bond motifs is 1. The summed E-state index contributed by atoms with van der Waals surface area (Å²) in [6.07, 6.45) is 2.13. The molecule has 2 heterocycles. The summed E-state index contributed by atoms with van der Waals surface area (Å²) in [6.45, 7) is 1.93. The van der Waals surface area contributed by atoms with Crippen LogP contribution in [-0.4, -0.2) is 43.9 Å². The van der Waals surface area contributed by atoms with Gasteiger partial charge in [0.1, 0.15) is 11.6 Å². The number of imidazole rings is 1. The van der Waals surface area contributed by atoms with E-state index in [4.69, 9.17) is 37.8 Å². The van der Waals surface area contributed by atoms with E-state index in [-0.39, 0.29) is 10.6 Å². The van der Waals surface area contributed by atoms with Crippen molar-refractivity contribution in [2.45, 2.75) is 13.1 Å². The average molecular weight is 541 g/mol. The van der Waals surface area contributed by atoms with E-state index in [1.807, 2.05) is 42.0 Å². The van der Waals surface area contributed by atoms with Crippen LogP contribution in [0.5, 0.6) is 5.75 Å². The van der Waals surface area contributed by atoms with Gasteiger partial charge in [-0.3, -0.25) is 4.79 Å². The highest BCUT2D eigenvalue weighted by molar-refractivity contribution is 6.38. The maximum atomic E-state index is 12.4. The maximum Gasteiger partial charge on any atom is 0.490 e. The van der Waals surface area contributed by atoms with Crippen LogP contribution in [0, 0.1) is 6.92 Å². The fourth-order valence-electron chi connectivity index (χ4n) is 3.03. The molecular formula is C23H17Cl2F3N4O4. The average Bonchev–Trinajstić information content (AvgIpc) is 3.22. The SMILES string of the molecule is COc1cc(C=Cc2nc3cc(Cl)cc(Cl)c3c(=O)[nH]2)ccc1-n1cnc(C)c1.O=C(O)C(F)(F)F. The topological polar surface area (TPSA) is 110 Å². The number of H-pyrrole nitrogens is 1. The van der Waals surface area contributed by atoms with Gasteiger partial charge in [-0.05, 0) is 42.8 Å². The van der Waals surface area contributed by atoms with Gasteiger partial charge in [0.05, 0.1) is 40.7 Å². The van der Waals surface area contributed by atoms with Crippen molar-refractivity contribution in [2.24, 2.45) is 0 Å². The molecule has 0 radical (unpaired) electrons. The third-order valence-electron chi connectivity index (χ3n) is 4.61. The number of aromatic amines is 1. The van der Waals surface area contributed by atoms with Crippen molar-refractivity contribution in [1.29, 1.82) is 0 Å². The van der Waals surface area contributed by atoms with Gasteiger partial charge in [-0.25, -0.2) is 14.8 Å². The van der Waals surface area contributed by atoms with Gasteiger partial charge in [-0.2, -0.15) is 13.2 Å². The molecule has 0 unspecified atom stereocenters. The Morgan fingerprint density at radius 2 is 1.89 bits per heavy atom. The number of methoxy groups -OCH3 is 1. The lowest BCUT2D eigenvalue weighted by Gasteiger charge is -2.10. The fraction of sp³-hybridized carbons (Fsp3) is 0.130. The Balaban J connectivity index is 0.000000454. The Kier molecular flexibility index (Phi) is 8.06. The smallest absolute Gasteiger partial charge is 0.490 e. The van der Waals surface area contributed by atoms with E-state index >= 15 is 0 Å². The lowest BCUT2D eigenvalue weighted by Crippen LogP contribution is -2.21. The van der Waals surface area contributed by atoms with Crippen LogP contribution in [0.3, 0.4) is 0 Å². The molecule has 188 valence electrons. The van der Waals surface area contributed by atoms with Crippen molar-refractivity contribution in [3.63, 3.8) is 0 Å². The molecule has 0 atom stereocenters. The van der Waals surface area contributed by atoms with Gasteiger partial charge < -0.3 is 19.4 Å². The summed E-state index contributed by atoms with van der Waals surface area (Å²) in [5, 5.41) is 8.13. The molecule has 0 saturated heterocycles. The second-order valence-electron chi connectivity index (χ2n) is 7.22. The van der Waals surface area contributed by atoms with Crippen LogP contribution in [0.25, 0.3) is 28.7 Å². The first-order valence-corrected chi connectivity index (χ1v) is 10.7. The van der Waals surface area contributed by atoms with Crippen molar-refractivity contribution in [3.8, 4) is 11.4 Å². The molecule has 13 heteroatoms. The number of halogens is 5. The molecule has 0 fully saturated rings. The third-order valence-corrected chi connectivity index (χ3v) is 5.13. The van der Waals surface area contributed by atoms with Crippen LogP contribution in [0.15, 0.2) is 47.7 Å². The van der Waals surface area contributed by atoms with E-state index < -0.39 is 12.1 Å². The molecule has 2 aromatic carbocycles. The number of nitrogens with zero attached hydrogens (tertiary/aromatic N) is 3. The van der Waals surface area contributed by atoms with Gasteiger partial charge in [0.15, 0.2) is 0 Å². The summed E-state index contributed by atoms with van der Waals surface area (Å²) < 4.78 is 39.2. The summed E-state index contributed by atoms with van der Waals surface area (Å²) in [6, 6.07) is 8.91. The van der Waals surface area contributed by atoms with E-state index in [9.17, 15) is 18.0 Å². The monoisotopic (exact) mass is 540 g/mol. The normalized spacial score (nSPS) is 11.4. The Morgan fingerprint density at radius 1 is 1.19 bits per heavy atom. The minimum absolute atomic E-state index is 0.270. The summed E-state index contributed by atoms with van der Waals surface area (Å²) in [5.41, 5.74) is 2.80. The number of hydrogen-bond acceptors (Lipinski definition) is 5. The Bertz CT molecular complexity index is 1510. The zero-order valence-electron chi connectivity index (χ0n) is 18.6. The van der Waals surface area contributed by atoms with Gasteiger partial charge in [0, 0.05) is 11.2 Å². The van der Waals surface area contributed by atoms with Gasteiger partial charge >= 0.3 is 12.1 Å². The van der Waals surface area contributed by atoms with Crippen LogP contribution in [0.1, 0.15) is 17.1 Å². The molecule has 0 saturated carbocycles. The first kappa shape index (κ1) is 26.8. The van der Waals surface area contributed by atoms with Crippen LogP contribution < -0.4 is 10.3 Å². The number of alkyl halides is 3. The number of aryl methyl sites for hydroxylation is 1. The Labute approximate surface area is 211 Å². The highest BCUT2D eigenvalue weighted by Crippen LogP contribution is 2.26. The van der Waals surface area contributed by atoms with E-state index in [1.54, 1.807) is 25.6 Å². The molecule has 2 N–H and O–H groups in total. The van der Waals surface area contributed by atoms with Gasteiger partial charge in [-0.15, -0.1) is 0 Å². The van der Waals surface area contributed by atoms with Gasteiger partial charge in [-0.1, -0.05) is 35.3 Å². The van der Waals surface area contributed by atoms with Crippen LogP contribution in [-0.2, 0) is 4.79 Å². The maximum absolute atomic E-state index is 12.4. The summed E-state index contributed by atoms with van der Waals surface area (Å²) >= 11 is 12.1. The number of carboxylic acid groups (broad SMARTS) is 1. The zero-order valence-corrected chi connectivity index (χ0v) is 20.1. The minimum atomic E-state index is -5.08. The number of rotatable bonds is 4. The summed E-state index contributed by atoms with van der Waals surface area (Å²) in [7, 11) is 1.62. The molecule has 0 amide bonds. The van der Waals surface area contributed by atoms with Gasteiger partial charge in [0.2, 0.25) is 0 Å². The van der Waals surface area contributed by atoms with E-state index in [0.717, 1.165) is 16.9 Å². The zero-order chi connectivity index (χ0) is 26.6. The number of hydrogen-bond donors (Lipinski definition) is 2. The van der Waals surface area contributed by atoms with Crippen molar-refractivity contribution < 1.29 is 27.8 Å². The van der Waals surface area contributed by atoms with Crippen LogP contribution in [0.2, 0.25) is 10.0 Å². The lowest BCUT2D eigenvalue weighted by molar-refractivity contribution is -0.192. The van der Waals surface area contributed by atoms with Crippen LogP contribution >= 0.6 is 23.2 Å². The van der Waals surface area contributed by atoms with Crippen molar-refractivity contribution >= 4 is 52.2 Å². The third kappa shape index (κ3) is 6.43. The molecule has 0 aliphatic rings. The van der Waals surface area contributed by atoms with E-state index in [0.29, 0.717) is 27.5 Å². The molecule has 36 heavy (non-hydrogen) atoms. The predicted octanol–water partition coefficient (Wildman–Crippen LogP) is 5.54. The first-order valence-electron chi connectivity index (χ1n) is 9.95. The minimum Gasteiger partial charge on any atom is -0.495 e. The Hall–Kier alpha value is -3.83. The number of aliphatic carboxylic acids is 1. The van der Waals surface area contributed by atoms with Crippen molar-refractivity contribution in [3.05, 3.63) is 80.3 Å². The molecule has 0 bridgehead atoms. The van der Waals surface area contributed by atoms with Crippen molar-refractivity contribution in [2.75, 3.05) is 7.11 Å². The largest absolute Gasteiger partial charge is 0.495 e. The standard InChI is InChI=1S/C21H16Cl2N4O2.C2HF3O2/c1-12-10-27(11-24-12)17-5-3-13(7-18(17)29-2)4-6-19-25-16-9-14(22)8-15(23)20(16)21(28)26-19;3-2(4,5)1(6)7/h3-11H,1-2H3,(H,25,26,28);(H,6,7). The molecule has 4 aromatic rings. The molecule has 8 nitrogen and oxygen atoms in total.